The fraction of sp³-hybridized carbons (Fsp3) is 0.267. The maximum absolute atomic E-state index is 15.2. The summed E-state index contributed by atoms with van der Waals surface area (Å²) in [5.74, 6) is -2.08. The number of fused-ring (bicyclic) bond motifs is 1. The van der Waals surface area contributed by atoms with Crippen molar-refractivity contribution in [2.75, 3.05) is 5.32 Å². The molecule has 1 atom stereocenters. The summed E-state index contributed by atoms with van der Waals surface area (Å²) in [5, 5.41) is 24.6. The van der Waals surface area contributed by atoms with Gasteiger partial charge in [0.1, 0.15) is 11.6 Å². The molecule has 4 aromatic rings. The number of aromatic nitrogens is 1. The van der Waals surface area contributed by atoms with E-state index in [1.807, 2.05) is 6.92 Å². The van der Waals surface area contributed by atoms with E-state index in [2.05, 4.69) is 10.3 Å². The molecule has 5 rings (SSSR count). The number of hydrogen-bond donors (Lipinski definition) is 3. The number of nitrogens with zero attached hydrogens (tertiary/aromatic N) is 1. The molecular formula is C30H27ClF2N2O3. The molecular weight excluding hydrogens is 510 g/mol. The number of aliphatic hydroxyl groups is 1. The standard InChI is InChI=1S/C30H27ClF2N2O3/c1-17(21-4-2-3-5-25(21)32)35-28-23-14-22(26(33)15-27(23)34-16-24(28)31)18-6-8-20(9-7-18)30(38)12-10-19(11-13-30)29(36)37/h2-9,14-17,19,38H,10-13H2,1H3,(H,34,35)(H,36,37). The van der Waals surface area contributed by atoms with Gasteiger partial charge in [-0.05, 0) is 55.9 Å². The van der Waals surface area contributed by atoms with Gasteiger partial charge >= 0.3 is 5.97 Å². The summed E-state index contributed by atoms with van der Waals surface area (Å²) in [4.78, 5) is 15.5. The lowest BCUT2D eigenvalue weighted by molar-refractivity contribution is -0.145. The van der Waals surface area contributed by atoms with Crippen molar-refractivity contribution < 1.29 is 23.8 Å². The average Bonchev–Trinajstić information content (AvgIpc) is 2.90. The number of carbonyl (C=O) groups is 1. The average molecular weight is 537 g/mol. The van der Waals surface area contributed by atoms with Crippen LogP contribution < -0.4 is 5.32 Å². The molecule has 1 unspecified atom stereocenters. The number of nitrogens with one attached hydrogen (secondary N) is 1. The van der Waals surface area contributed by atoms with Gasteiger partial charge in [-0.25, -0.2) is 8.78 Å². The van der Waals surface area contributed by atoms with Crippen molar-refractivity contribution in [2.24, 2.45) is 5.92 Å². The lowest BCUT2D eigenvalue weighted by Gasteiger charge is -2.35. The predicted molar refractivity (Wildman–Crippen MR) is 144 cm³/mol. The van der Waals surface area contributed by atoms with Gasteiger partial charge in [0.2, 0.25) is 0 Å². The Bertz CT molecular complexity index is 1500. The third-order valence-corrected chi connectivity index (χ3v) is 7.82. The first-order chi connectivity index (χ1) is 18.2. The maximum Gasteiger partial charge on any atom is 0.306 e. The molecule has 1 heterocycles. The third kappa shape index (κ3) is 4.96. The van der Waals surface area contributed by atoms with E-state index in [4.69, 9.17) is 11.6 Å². The Hall–Kier alpha value is -3.55. The molecule has 1 aliphatic rings. The number of hydrogen-bond acceptors (Lipinski definition) is 4. The summed E-state index contributed by atoms with van der Waals surface area (Å²) < 4.78 is 29.6. The number of halogens is 3. The van der Waals surface area contributed by atoms with Crippen LogP contribution in [-0.4, -0.2) is 21.2 Å². The van der Waals surface area contributed by atoms with E-state index >= 15 is 4.39 Å². The Morgan fingerprint density at radius 3 is 2.42 bits per heavy atom. The molecule has 0 radical (unpaired) electrons. The zero-order valence-electron chi connectivity index (χ0n) is 20.7. The fourth-order valence-corrected chi connectivity index (χ4v) is 5.47. The summed E-state index contributed by atoms with van der Waals surface area (Å²) in [6, 6.07) is 16.1. The van der Waals surface area contributed by atoms with Crippen molar-refractivity contribution >= 4 is 34.2 Å². The minimum absolute atomic E-state index is 0.327. The second-order valence-corrected chi connectivity index (χ2v) is 10.3. The van der Waals surface area contributed by atoms with E-state index in [1.165, 1.54) is 18.3 Å². The molecule has 196 valence electrons. The second kappa shape index (κ2) is 10.3. The minimum atomic E-state index is -1.11. The van der Waals surface area contributed by atoms with Crippen molar-refractivity contribution in [3.8, 4) is 11.1 Å². The van der Waals surface area contributed by atoms with Gasteiger partial charge in [-0.15, -0.1) is 0 Å². The first kappa shape index (κ1) is 26.1. The van der Waals surface area contributed by atoms with Crippen molar-refractivity contribution in [3.63, 3.8) is 0 Å². The van der Waals surface area contributed by atoms with Crippen molar-refractivity contribution in [1.29, 1.82) is 0 Å². The zero-order chi connectivity index (χ0) is 27.0. The molecule has 0 amide bonds. The predicted octanol–water partition coefficient (Wildman–Crippen LogP) is 7.47. The molecule has 0 bridgehead atoms. The molecule has 8 heteroatoms. The molecule has 1 aliphatic carbocycles. The number of carboxylic acid groups (broad SMARTS) is 1. The van der Waals surface area contributed by atoms with E-state index in [9.17, 15) is 19.4 Å². The smallest absolute Gasteiger partial charge is 0.306 e. The monoisotopic (exact) mass is 536 g/mol. The number of benzene rings is 3. The number of aliphatic carboxylic acids is 1. The molecule has 38 heavy (non-hydrogen) atoms. The Balaban J connectivity index is 1.47. The fourth-order valence-electron chi connectivity index (χ4n) is 5.27. The Kier molecular flexibility index (Phi) is 7.07. The topological polar surface area (TPSA) is 82.5 Å². The molecule has 1 fully saturated rings. The number of rotatable bonds is 6. The normalized spacial score (nSPS) is 20.3. The SMILES string of the molecule is CC(Nc1c(Cl)cnc2cc(F)c(-c3ccc(C4(O)CCC(C(=O)O)CC4)cc3)cc12)c1ccccc1F. The number of pyridine rings is 1. The molecule has 0 saturated heterocycles. The quantitative estimate of drug-likeness (QED) is 0.238. The second-order valence-electron chi connectivity index (χ2n) is 9.94. The molecule has 5 nitrogen and oxygen atoms in total. The highest BCUT2D eigenvalue weighted by atomic mass is 35.5. The van der Waals surface area contributed by atoms with E-state index in [0.717, 1.165) is 0 Å². The molecule has 0 aliphatic heterocycles. The van der Waals surface area contributed by atoms with Crippen LogP contribution in [0.5, 0.6) is 0 Å². The van der Waals surface area contributed by atoms with Gasteiger partial charge in [-0.1, -0.05) is 54.1 Å². The zero-order valence-corrected chi connectivity index (χ0v) is 21.5. The number of anilines is 1. The minimum Gasteiger partial charge on any atom is -0.481 e. The summed E-state index contributed by atoms with van der Waals surface area (Å²) in [6.45, 7) is 1.82. The number of carboxylic acids is 1. The molecule has 0 spiro atoms. The highest BCUT2D eigenvalue weighted by Gasteiger charge is 2.37. The maximum atomic E-state index is 15.2. The van der Waals surface area contributed by atoms with E-state index < -0.39 is 29.3 Å². The largest absolute Gasteiger partial charge is 0.481 e. The Morgan fingerprint density at radius 2 is 1.76 bits per heavy atom. The molecule has 3 N–H and O–H groups in total. The third-order valence-electron chi connectivity index (χ3n) is 7.54. The first-order valence-corrected chi connectivity index (χ1v) is 12.9. The van der Waals surface area contributed by atoms with Gasteiger partial charge in [0.05, 0.1) is 33.8 Å². The van der Waals surface area contributed by atoms with Crippen LogP contribution in [0.25, 0.3) is 22.0 Å². The van der Waals surface area contributed by atoms with Crippen LogP contribution in [0.4, 0.5) is 14.5 Å². The van der Waals surface area contributed by atoms with Crippen LogP contribution in [0, 0.1) is 17.6 Å². The molecule has 1 aromatic heterocycles. The lowest BCUT2D eigenvalue weighted by atomic mass is 9.75. The van der Waals surface area contributed by atoms with Gasteiger partial charge < -0.3 is 15.5 Å². The van der Waals surface area contributed by atoms with Crippen LogP contribution in [0.15, 0.2) is 66.9 Å². The van der Waals surface area contributed by atoms with Gasteiger partial charge in [-0.3, -0.25) is 9.78 Å². The van der Waals surface area contributed by atoms with E-state index in [1.54, 1.807) is 48.5 Å². The highest BCUT2D eigenvalue weighted by molar-refractivity contribution is 6.34. The van der Waals surface area contributed by atoms with Gasteiger partial charge in [0.25, 0.3) is 0 Å². The van der Waals surface area contributed by atoms with E-state index in [-0.39, 0.29) is 5.82 Å². The summed E-state index contributed by atoms with van der Waals surface area (Å²) in [7, 11) is 0. The van der Waals surface area contributed by atoms with Crippen LogP contribution in [0.2, 0.25) is 5.02 Å². The first-order valence-electron chi connectivity index (χ1n) is 12.5. The van der Waals surface area contributed by atoms with Crippen molar-refractivity contribution in [2.45, 2.75) is 44.2 Å². The van der Waals surface area contributed by atoms with Gasteiger partial charge in [0.15, 0.2) is 0 Å². The van der Waals surface area contributed by atoms with Gasteiger partial charge in [0, 0.05) is 28.8 Å². The van der Waals surface area contributed by atoms with Crippen molar-refractivity contribution in [3.05, 3.63) is 94.6 Å². The van der Waals surface area contributed by atoms with Crippen LogP contribution in [0.1, 0.15) is 49.8 Å². The van der Waals surface area contributed by atoms with Crippen LogP contribution >= 0.6 is 11.6 Å². The molecule has 3 aromatic carbocycles. The molecule has 1 saturated carbocycles. The lowest BCUT2D eigenvalue weighted by Crippen LogP contribution is -2.33. The van der Waals surface area contributed by atoms with Crippen LogP contribution in [0.3, 0.4) is 0 Å². The van der Waals surface area contributed by atoms with Crippen LogP contribution in [-0.2, 0) is 10.4 Å². The Labute approximate surface area is 224 Å². The van der Waals surface area contributed by atoms with Crippen molar-refractivity contribution in [1.82, 2.24) is 4.98 Å². The highest BCUT2D eigenvalue weighted by Crippen LogP contribution is 2.41. The summed E-state index contributed by atoms with van der Waals surface area (Å²) in [5.41, 5.74) is 1.90. The summed E-state index contributed by atoms with van der Waals surface area (Å²) in [6.07, 6.45) is 2.96. The summed E-state index contributed by atoms with van der Waals surface area (Å²) >= 11 is 6.49. The Morgan fingerprint density at radius 1 is 1.08 bits per heavy atom. The van der Waals surface area contributed by atoms with Gasteiger partial charge in [-0.2, -0.15) is 0 Å². The van der Waals surface area contributed by atoms with E-state index in [0.29, 0.717) is 69.6 Å².